The molecule has 1 aliphatic heterocycles. The molecule has 0 aliphatic carbocycles. The van der Waals surface area contributed by atoms with Gasteiger partial charge in [-0.2, -0.15) is 5.10 Å². The summed E-state index contributed by atoms with van der Waals surface area (Å²) in [5.41, 5.74) is 4.59. The van der Waals surface area contributed by atoms with Crippen molar-refractivity contribution in [2.75, 3.05) is 31.6 Å². The molecule has 0 radical (unpaired) electrons. The fraction of sp³-hybridized carbons (Fsp3) is 0.435. The van der Waals surface area contributed by atoms with Crippen LogP contribution in [0, 0.1) is 5.92 Å². The Labute approximate surface area is 187 Å². The van der Waals surface area contributed by atoms with Crippen molar-refractivity contribution in [3.05, 3.63) is 59.9 Å². The first-order valence-electron chi connectivity index (χ1n) is 10.6. The Hall–Kier alpha value is -2.91. The van der Waals surface area contributed by atoms with Gasteiger partial charge in [0.1, 0.15) is 6.61 Å². The number of aromatic nitrogens is 1. The third kappa shape index (κ3) is 6.54. The third-order valence-corrected chi connectivity index (χ3v) is 5.47. The summed E-state index contributed by atoms with van der Waals surface area (Å²) in [5.74, 6) is 0.0616. The van der Waals surface area contributed by atoms with E-state index in [1.165, 1.54) is 6.20 Å². The van der Waals surface area contributed by atoms with Gasteiger partial charge in [-0.15, -0.1) is 0 Å². The number of carbonyl (C=O) groups excluding carboxylic acids is 1. The topological polar surface area (TPSA) is 70.1 Å². The number of piperidine rings is 1. The molecule has 172 valence electrons. The van der Waals surface area contributed by atoms with Crippen molar-refractivity contribution in [1.29, 1.82) is 0 Å². The van der Waals surface area contributed by atoms with Crippen LogP contribution in [0.25, 0.3) is 0 Å². The molecule has 2 heterocycles. The maximum Gasteiger partial charge on any atom is 0.261 e. The van der Waals surface area contributed by atoms with Crippen LogP contribution < -0.4 is 10.3 Å². The van der Waals surface area contributed by atoms with Crippen LogP contribution in [0.2, 0.25) is 0 Å². The predicted molar refractivity (Wildman–Crippen MR) is 119 cm³/mol. The minimum Gasteiger partial charge on any atom is -0.347 e. The molecule has 1 aliphatic rings. The number of anilines is 1. The van der Waals surface area contributed by atoms with Crippen LogP contribution in [0.3, 0.4) is 0 Å². The second kappa shape index (κ2) is 11.6. The third-order valence-electron chi connectivity index (χ3n) is 5.47. The van der Waals surface area contributed by atoms with Crippen molar-refractivity contribution in [3.8, 4) is 0 Å². The Balaban J connectivity index is 1.75. The van der Waals surface area contributed by atoms with Gasteiger partial charge in [0.2, 0.25) is 5.91 Å². The number of halogens is 2. The normalized spacial score (nSPS) is 16.0. The highest BCUT2D eigenvalue weighted by Gasteiger charge is 2.28. The molecule has 1 amide bonds. The average Bonchev–Trinajstić information content (AvgIpc) is 2.81. The lowest BCUT2D eigenvalue weighted by Gasteiger charge is -2.32. The maximum absolute atomic E-state index is 13.4. The lowest BCUT2D eigenvalue weighted by atomic mass is 9.95. The summed E-state index contributed by atoms with van der Waals surface area (Å²) < 4.78 is 30.2. The lowest BCUT2D eigenvalue weighted by molar-refractivity contribution is -0.123. The zero-order chi connectivity index (χ0) is 22.9. The summed E-state index contributed by atoms with van der Waals surface area (Å²) in [7, 11) is 2.07. The molecule has 3 rings (SSSR count). The number of nitrogens with one attached hydrogen (secondary N) is 1. The number of pyridine rings is 1. The van der Waals surface area contributed by atoms with Crippen molar-refractivity contribution in [1.82, 2.24) is 15.3 Å². The number of ether oxygens (including phenoxy) is 1. The molecule has 0 saturated carbocycles. The van der Waals surface area contributed by atoms with Crippen molar-refractivity contribution >= 4 is 18.3 Å². The molecule has 1 aromatic heterocycles. The second-order valence-electron chi connectivity index (χ2n) is 7.81. The highest BCUT2D eigenvalue weighted by molar-refractivity contribution is 5.95. The zero-order valence-electron chi connectivity index (χ0n) is 18.2. The van der Waals surface area contributed by atoms with E-state index in [4.69, 9.17) is 4.74 Å². The fourth-order valence-electron chi connectivity index (χ4n) is 3.69. The Bertz CT molecular complexity index is 858. The quantitative estimate of drug-likeness (QED) is 0.345. The largest absolute Gasteiger partial charge is 0.347 e. The molecule has 1 atom stereocenters. The van der Waals surface area contributed by atoms with Gasteiger partial charge >= 0.3 is 0 Å². The number of carbonyl (C=O) groups is 1. The Morgan fingerprint density at radius 3 is 2.59 bits per heavy atom. The van der Waals surface area contributed by atoms with E-state index < -0.39 is 19.3 Å². The van der Waals surface area contributed by atoms with Gasteiger partial charge in [-0.3, -0.25) is 15.2 Å². The number of likely N-dealkylation sites (tertiary alicyclic amines) is 1. The molecular formula is C23H29F2N5O2. The number of hydrogen-bond donors (Lipinski definition) is 1. The van der Waals surface area contributed by atoms with Crippen LogP contribution >= 0.6 is 0 Å². The zero-order valence-corrected chi connectivity index (χ0v) is 18.2. The molecule has 0 spiro atoms. The first-order chi connectivity index (χ1) is 15.5. The minimum atomic E-state index is -2.60. The molecule has 1 aromatic carbocycles. The van der Waals surface area contributed by atoms with Gasteiger partial charge in [0.15, 0.2) is 6.23 Å². The van der Waals surface area contributed by atoms with Gasteiger partial charge in [0, 0.05) is 30.1 Å². The molecule has 0 bridgehead atoms. The smallest absolute Gasteiger partial charge is 0.261 e. The number of alkyl halides is 2. The Morgan fingerprint density at radius 1 is 1.28 bits per heavy atom. The summed E-state index contributed by atoms with van der Waals surface area (Å²) in [6.07, 6.45) is -0.286. The van der Waals surface area contributed by atoms with Crippen LogP contribution in [-0.2, 0) is 16.1 Å². The molecule has 7 nitrogen and oxygen atoms in total. The number of amides is 1. The highest BCUT2D eigenvalue weighted by Crippen LogP contribution is 2.25. The highest BCUT2D eigenvalue weighted by atomic mass is 19.3. The monoisotopic (exact) mass is 445 g/mol. The van der Waals surface area contributed by atoms with E-state index >= 15 is 0 Å². The van der Waals surface area contributed by atoms with E-state index in [0.29, 0.717) is 17.8 Å². The molecular weight excluding hydrogens is 416 g/mol. The Kier molecular flexibility index (Phi) is 8.64. The molecule has 32 heavy (non-hydrogen) atoms. The van der Waals surface area contributed by atoms with E-state index in [9.17, 15) is 13.6 Å². The van der Waals surface area contributed by atoms with Gasteiger partial charge in [-0.1, -0.05) is 24.3 Å². The summed E-state index contributed by atoms with van der Waals surface area (Å²) in [6, 6.07) is 13.0. The summed E-state index contributed by atoms with van der Waals surface area (Å²) in [6.45, 7) is 4.69. The van der Waals surface area contributed by atoms with Crippen LogP contribution in [0.5, 0.6) is 0 Å². The van der Waals surface area contributed by atoms with Gasteiger partial charge in [-0.05, 0) is 51.2 Å². The summed E-state index contributed by atoms with van der Waals surface area (Å²) in [4.78, 5) is 21.8. The standard InChI is InChI=1S/C23H29F2N5O2/c1-26-28-22(32-16-21(24)25)18-8-9-19(27-14-18)15-30(20-6-4-3-5-7-20)23(31)17-10-12-29(2)13-11-17/h3-9,14,17,21-22,28H,1,10-13,15-16H2,2H3. The number of para-hydroxylation sites is 1. The van der Waals surface area contributed by atoms with E-state index in [0.717, 1.165) is 31.6 Å². The van der Waals surface area contributed by atoms with Crippen LogP contribution in [0.15, 0.2) is 53.8 Å². The molecule has 2 aromatic rings. The van der Waals surface area contributed by atoms with E-state index in [2.05, 4.69) is 34.2 Å². The van der Waals surface area contributed by atoms with Gasteiger partial charge in [-0.25, -0.2) is 8.78 Å². The number of hydrazone groups is 1. The van der Waals surface area contributed by atoms with Crippen molar-refractivity contribution in [2.24, 2.45) is 11.0 Å². The van der Waals surface area contributed by atoms with Crippen molar-refractivity contribution in [3.63, 3.8) is 0 Å². The van der Waals surface area contributed by atoms with Crippen molar-refractivity contribution < 1.29 is 18.3 Å². The van der Waals surface area contributed by atoms with Gasteiger partial charge in [0.05, 0.1) is 12.2 Å². The molecule has 1 saturated heterocycles. The van der Waals surface area contributed by atoms with Gasteiger partial charge < -0.3 is 14.5 Å². The second-order valence-corrected chi connectivity index (χ2v) is 7.81. The van der Waals surface area contributed by atoms with E-state index in [-0.39, 0.29) is 11.8 Å². The Morgan fingerprint density at radius 2 is 2.00 bits per heavy atom. The number of hydrogen-bond acceptors (Lipinski definition) is 6. The predicted octanol–water partition coefficient (Wildman–Crippen LogP) is 3.44. The molecule has 1 unspecified atom stereocenters. The average molecular weight is 446 g/mol. The van der Waals surface area contributed by atoms with E-state index in [1.807, 2.05) is 30.3 Å². The first kappa shape index (κ1) is 23.7. The minimum absolute atomic E-state index is 0.0272. The maximum atomic E-state index is 13.4. The van der Waals surface area contributed by atoms with Crippen molar-refractivity contribution in [2.45, 2.75) is 32.0 Å². The fourth-order valence-corrected chi connectivity index (χ4v) is 3.69. The summed E-state index contributed by atoms with van der Waals surface area (Å²) in [5, 5.41) is 3.53. The number of nitrogens with zero attached hydrogens (tertiary/aromatic N) is 4. The molecule has 1 N–H and O–H groups in total. The lowest BCUT2D eigenvalue weighted by Crippen LogP contribution is -2.41. The SMILES string of the molecule is C=NNC(OCC(F)F)c1ccc(CN(C(=O)C2CCN(C)CC2)c2ccccc2)nc1. The summed E-state index contributed by atoms with van der Waals surface area (Å²) >= 11 is 0. The molecule has 1 fully saturated rings. The number of rotatable bonds is 10. The van der Waals surface area contributed by atoms with Crippen LogP contribution in [0.4, 0.5) is 14.5 Å². The van der Waals surface area contributed by atoms with E-state index in [1.54, 1.807) is 17.0 Å². The van der Waals surface area contributed by atoms with Gasteiger partial charge in [0.25, 0.3) is 6.43 Å². The molecule has 9 heteroatoms. The van der Waals surface area contributed by atoms with Crippen LogP contribution in [0.1, 0.15) is 30.3 Å². The first-order valence-corrected chi connectivity index (χ1v) is 10.6. The van der Waals surface area contributed by atoms with Crippen LogP contribution in [-0.4, -0.2) is 55.7 Å². The number of benzene rings is 1.